The van der Waals surface area contributed by atoms with Crippen molar-refractivity contribution < 1.29 is 9.84 Å². The van der Waals surface area contributed by atoms with Crippen LogP contribution in [0.25, 0.3) is 10.9 Å². The van der Waals surface area contributed by atoms with Crippen molar-refractivity contribution in [1.82, 2.24) is 15.0 Å². The van der Waals surface area contributed by atoms with Gasteiger partial charge in [0.15, 0.2) is 0 Å². The molecule has 2 aromatic carbocycles. The van der Waals surface area contributed by atoms with Crippen molar-refractivity contribution in [2.45, 2.75) is 12.6 Å². The molecule has 1 N–H and O–H groups in total. The molecule has 1 aromatic heterocycles. The van der Waals surface area contributed by atoms with Crippen LogP contribution in [0.15, 0.2) is 59.4 Å². The number of aliphatic hydroxyl groups is 1. The quantitative estimate of drug-likeness (QED) is 0.766. The van der Waals surface area contributed by atoms with Crippen molar-refractivity contribution in [3.8, 4) is 5.75 Å². The summed E-state index contributed by atoms with van der Waals surface area (Å²) in [7, 11) is 0. The minimum Gasteiger partial charge on any atom is -0.491 e. The number of nitrogens with zero attached hydrogens (tertiary/aromatic N) is 3. The van der Waals surface area contributed by atoms with E-state index in [-0.39, 0.29) is 18.7 Å². The van der Waals surface area contributed by atoms with E-state index in [0.29, 0.717) is 16.7 Å². The van der Waals surface area contributed by atoms with E-state index in [1.54, 1.807) is 36.4 Å². The Balaban J connectivity index is 1.70. The summed E-state index contributed by atoms with van der Waals surface area (Å²) in [5.74, 6) is 0.665. The van der Waals surface area contributed by atoms with Crippen LogP contribution in [0, 0.1) is 0 Å². The van der Waals surface area contributed by atoms with Crippen LogP contribution in [0.1, 0.15) is 0 Å². The second kappa shape index (κ2) is 6.36. The van der Waals surface area contributed by atoms with E-state index in [9.17, 15) is 9.90 Å². The Labute approximate surface area is 126 Å². The van der Waals surface area contributed by atoms with Gasteiger partial charge in [-0.15, -0.1) is 5.10 Å². The summed E-state index contributed by atoms with van der Waals surface area (Å²) >= 11 is 0. The van der Waals surface area contributed by atoms with Crippen LogP contribution in [-0.2, 0) is 6.54 Å². The highest BCUT2D eigenvalue weighted by atomic mass is 16.5. The number of hydrogen-bond donors (Lipinski definition) is 1. The van der Waals surface area contributed by atoms with E-state index in [0.717, 1.165) is 4.68 Å². The molecule has 6 nitrogen and oxygen atoms in total. The minimum atomic E-state index is -0.853. The molecule has 112 valence electrons. The maximum Gasteiger partial charge on any atom is 0.277 e. The normalized spacial score (nSPS) is 12.2. The van der Waals surface area contributed by atoms with Crippen LogP contribution in [-0.4, -0.2) is 32.8 Å². The lowest BCUT2D eigenvalue weighted by atomic mass is 10.2. The third kappa shape index (κ3) is 3.12. The van der Waals surface area contributed by atoms with Gasteiger partial charge in [0.1, 0.15) is 24.0 Å². The van der Waals surface area contributed by atoms with E-state index in [1.807, 2.05) is 18.2 Å². The highest BCUT2D eigenvalue weighted by Crippen LogP contribution is 2.09. The molecule has 0 unspecified atom stereocenters. The standard InChI is InChI=1S/C16H15N3O3/c20-12(11-22-13-6-2-1-3-7-13)10-19-16(21)14-8-4-5-9-15(14)17-18-19/h1-9,12,20H,10-11H2/t12-/m1/s1. The molecule has 0 aliphatic rings. The van der Waals surface area contributed by atoms with Crippen LogP contribution in [0.2, 0.25) is 0 Å². The van der Waals surface area contributed by atoms with Gasteiger partial charge >= 0.3 is 0 Å². The fraction of sp³-hybridized carbons (Fsp3) is 0.188. The first-order valence-electron chi connectivity index (χ1n) is 6.92. The SMILES string of the molecule is O=c1c2ccccc2nnn1C[C@@H](O)COc1ccccc1. The lowest BCUT2D eigenvalue weighted by Crippen LogP contribution is -2.32. The molecule has 22 heavy (non-hydrogen) atoms. The van der Waals surface area contributed by atoms with Crippen molar-refractivity contribution in [1.29, 1.82) is 0 Å². The predicted molar refractivity (Wildman–Crippen MR) is 81.7 cm³/mol. The molecule has 1 heterocycles. The lowest BCUT2D eigenvalue weighted by molar-refractivity contribution is 0.0873. The first kappa shape index (κ1) is 14.2. The molecule has 0 amide bonds. The summed E-state index contributed by atoms with van der Waals surface area (Å²) < 4.78 is 6.61. The third-order valence-electron chi connectivity index (χ3n) is 3.20. The van der Waals surface area contributed by atoms with Gasteiger partial charge in [-0.1, -0.05) is 35.5 Å². The third-order valence-corrected chi connectivity index (χ3v) is 3.20. The summed E-state index contributed by atoms with van der Waals surface area (Å²) in [5, 5.41) is 18.3. The molecular formula is C16H15N3O3. The molecule has 6 heteroatoms. The maximum atomic E-state index is 12.2. The molecule has 0 radical (unpaired) electrons. The molecule has 0 aliphatic heterocycles. The van der Waals surface area contributed by atoms with Crippen molar-refractivity contribution in [3.63, 3.8) is 0 Å². The number of para-hydroxylation sites is 1. The van der Waals surface area contributed by atoms with Gasteiger partial charge in [0.05, 0.1) is 11.9 Å². The number of fused-ring (bicyclic) bond motifs is 1. The zero-order chi connectivity index (χ0) is 15.4. The fourth-order valence-electron chi connectivity index (χ4n) is 2.10. The maximum absolute atomic E-state index is 12.2. The van der Waals surface area contributed by atoms with Crippen LogP contribution < -0.4 is 10.3 Å². The first-order valence-corrected chi connectivity index (χ1v) is 6.92. The summed E-state index contributed by atoms with van der Waals surface area (Å²) in [4.78, 5) is 12.2. The van der Waals surface area contributed by atoms with E-state index < -0.39 is 6.10 Å². The molecule has 0 fully saturated rings. The van der Waals surface area contributed by atoms with Gasteiger partial charge in [-0.05, 0) is 24.3 Å². The largest absolute Gasteiger partial charge is 0.491 e. The van der Waals surface area contributed by atoms with Gasteiger partial charge in [0, 0.05) is 0 Å². The van der Waals surface area contributed by atoms with Crippen LogP contribution >= 0.6 is 0 Å². The zero-order valence-corrected chi connectivity index (χ0v) is 11.8. The lowest BCUT2D eigenvalue weighted by Gasteiger charge is -2.13. The molecule has 0 saturated heterocycles. The second-order valence-electron chi connectivity index (χ2n) is 4.87. The number of aliphatic hydroxyl groups excluding tert-OH is 1. The van der Waals surface area contributed by atoms with Crippen molar-refractivity contribution >= 4 is 10.9 Å². The van der Waals surface area contributed by atoms with Gasteiger partial charge < -0.3 is 9.84 Å². The minimum absolute atomic E-state index is 0.0313. The molecule has 3 aromatic rings. The van der Waals surface area contributed by atoms with Gasteiger partial charge in [0.25, 0.3) is 5.56 Å². The second-order valence-corrected chi connectivity index (χ2v) is 4.87. The summed E-state index contributed by atoms with van der Waals surface area (Å²) in [6.07, 6.45) is -0.853. The average Bonchev–Trinajstić information content (AvgIpc) is 2.57. The highest BCUT2D eigenvalue weighted by molar-refractivity contribution is 5.76. The van der Waals surface area contributed by atoms with E-state index in [1.165, 1.54) is 0 Å². The Morgan fingerprint density at radius 1 is 1.09 bits per heavy atom. The Hall–Kier alpha value is -2.73. The van der Waals surface area contributed by atoms with Gasteiger partial charge in [-0.25, -0.2) is 4.68 Å². The highest BCUT2D eigenvalue weighted by Gasteiger charge is 2.11. The first-order chi connectivity index (χ1) is 10.7. The van der Waals surface area contributed by atoms with Crippen molar-refractivity contribution in [3.05, 3.63) is 65.0 Å². The number of ether oxygens (including phenoxy) is 1. The van der Waals surface area contributed by atoms with Crippen LogP contribution in [0.4, 0.5) is 0 Å². The molecule has 0 saturated carbocycles. The molecular weight excluding hydrogens is 282 g/mol. The zero-order valence-electron chi connectivity index (χ0n) is 11.8. The van der Waals surface area contributed by atoms with Crippen molar-refractivity contribution in [2.75, 3.05) is 6.61 Å². The Bertz CT molecular complexity index is 817. The molecule has 0 aliphatic carbocycles. The fourth-order valence-corrected chi connectivity index (χ4v) is 2.10. The molecule has 0 bridgehead atoms. The van der Waals surface area contributed by atoms with E-state index >= 15 is 0 Å². The number of rotatable bonds is 5. The van der Waals surface area contributed by atoms with Crippen LogP contribution in [0.3, 0.4) is 0 Å². The molecule has 1 atom stereocenters. The number of aromatic nitrogens is 3. The van der Waals surface area contributed by atoms with E-state index in [4.69, 9.17) is 4.74 Å². The summed E-state index contributed by atoms with van der Waals surface area (Å²) in [6, 6.07) is 16.2. The monoisotopic (exact) mass is 297 g/mol. The average molecular weight is 297 g/mol. The summed E-state index contributed by atoms with van der Waals surface area (Å²) in [6.45, 7) is 0.106. The number of hydrogen-bond acceptors (Lipinski definition) is 5. The molecule has 0 spiro atoms. The topological polar surface area (TPSA) is 77.2 Å². The molecule has 3 rings (SSSR count). The Kier molecular flexibility index (Phi) is 4.11. The Morgan fingerprint density at radius 2 is 1.82 bits per heavy atom. The predicted octanol–water partition coefficient (Wildman–Crippen LogP) is 1.23. The summed E-state index contributed by atoms with van der Waals surface area (Å²) in [5.41, 5.74) is 0.267. The van der Waals surface area contributed by atoms with Gasteiger partial charge in [-0.2, -0.15) is 0 Å². The van der Waals surface area contributed by atoms with Crippen LogP contribution in [0.5, 0.6) is 5.75 Å². The van der Waals surface area contributed by atoms with Gasteiger partial charge in [0.2, 0.25) is 0 Å². The van der Waals surface area contributed by atoms with Crippen molar-refractivity contribution in [2.24, 2.45) is 0 Å². The van der Waals surface area contributed by atoms with Gasteiger partial charge in [-0.3, -0.25) is 4.79 Å². The Morgan fingerprint density at radius 3 is 2.64 bits per heavy atom. The smallest absolute Gasteiger partial charge is 0.277 e. The number of benzene rings is 2. The van der Waals surface area contributed by atoms with E-state index in [2.05, 4.69) is 10.3 Å².